The maximum absolute atomic E-state index is 12.3. The van der Waals surface area contributed by atoms with Gasteiger partial charge in [0.05, 0.1) is 13.2 Å². The molecule has 2 N–H and O–H groups in total. The first kappa shape index (κ1) is 20.5. The molecule has 7 heteroatoms. The Morgan fingerprint density at radius 1 is 1.38 bits per heavy atom. The van der Waals surface area contributed by atoms with Crippen LogP contribution in [0.5, 0.6) is 0 Å². The van der Waals surface area contributed by atoms with E-state index in [-0.39, 0.29) is 12.1 Å². The largest absolute Gasteiger partial charge is 0.444 e. The number of carbonyl (C=O) groups excluding carboxylic acids is 1. The van der Waals surface area contributed by atoms with Crippen LogP contribution in [-0.4, -0.2) is 68.0 Å². The van der Waals surface area contributed by atoms with Crippen molar-refractivity contribution in [3.8, 4) is 0 Å². The molecule has 24 heavy (non-hydrogen) atoms. The molecule has 0 aromatic heterocycles. The molecule has 1 fully saturated rings. The average molecular weight is 342 g/mol. The zero-order valence-corrected chi connectivity index (χ0v) is 16.0. The van der Waals surface area contributed by atoms with Crippen molar-refractivity contribution in [2.75, 3.05) is 33.4 Å². The van der Waals surface area contributed by atoms with Gasteiger partial charge in [0.25, 0.3) is 0 Å². The number of hydrogen-bond acceptors (Lipinski definition) is 4. The van der Waals surface area contributed by atoms with Crippen LogP contribution in [0.15, 0.2) is 4.99 Å². The minimum Gasteiger partial charge on any atom is -0.444 e. The molecule has 0 heterocycles. The second-order valence-electron chi connectivity index (χ2n) is 7.17. The van der Waals surface area contributed by atoms with Gasteiger partial charge in [-0.15, -0.1) is 0 Å². The Kier molecular flexibility index (Phi) is 8.31. The summed E-state index contributed by atoms with van der Waals surface area (Å²) in [5.74, 6) is 0.738. The minimum atomic E-state index is -0.473. The third-order valence-electron chi connectivity index (χ3n) is 3.37. The first-order chi connectivity index (χ1) is 11.3. The predicted molar refractivity (Wildman–Crippen MR) is 96.4 cm³/mol. The fourth-order valence-electron chi connectivity index (χ4n) is 2.24. The van der Waals surface area contributed by atoms with E-state index in [1.54, 1.807) is 12.0 Å². The minimum absolute atomic E-state index is 0.165. The quantitative estimate of drug-likeness (QED) is 0.521. The van der Waals surface area contributed by atoms with Crippen LogP contribution >= 0.6 is 0 Å². The molecular weight excluding hydrogens is 308 g/mol. The van der Waals surface area contributed by atoms with E-state index in [0.717, 1.165) is 25.3 Å². The van der Waals surface area contributed by atoms with E-state index in [0.29, 0.717) is 25.7 Å². The maximum atomic E-state index is 12.3. The number of nitrogens with one attached hydrogen (secondary N) is 2. The van der Waals surface area contributed by atoms with Gasteiger partial charge in [0.1, 0.15) is 5.60 Å². The highest BCUT2D eigenvalue weighted by Crippen LogP contribution is 2.28. The lowest BCUT2D eigenvalue weighted by Gasteiger charge is -2.27. The van der Waals surface area contributed by atoms with Crippen LogP contribution in [0, 0.1) is 0 Å². The molecule has 0 aromatic carbocycles. The van der Waals surface area contributed by atoms with Crippen LogP contribution in [0.3, 0.4) is 0 Å². The Balaban J connectivity index is 2.55. The summed E-state index contributed by atoms with van der Waals surface area (Å²) >= 11 is 0. The van der Waals surface area contributed by atoms with Gasteiger partial charge >= 0.3 is 6.09 Å². The highest BCUT2D eigenvalue weighted by atomic mass is 16.6. The van der Waals surface area contributed by atoms with E-state index in [2.05, 4.69) is 15.6 Å². The van der Waals surface area contributed by atoms with E-state index in [1.165, 1.54) is 0 Å². The van der Waals surface area contributed by atoms with Gasteiger partial charge in [-0.25, -0.2) is 4.79 Å². The fraction of sp³-hybridized carbons (Fsp3) is 0.882. The Bertz CT molecular complexity index is 417. The van der Waals surface area contributed by atoms with E-state index < -0.39 is 5.60 Å². The summed E-state index contributed by atoms with van der Waals surface area (Å²) in [6.45, 7) is 12.2. The fourth-order valence-corrected chi connectivity index (χ4v) is 2.24. The number of ether oxygens (including phenoxy) is 2. The number of guanidine groups is 1. The van der Waals surface area contributed by atoms with Crippen molar-refractivity contribution in [1.82, 2.24) is 15.5 Å². The molecule has 1 atom stereocenters. The van der Waals surface area contributed by atoms with E-state index in [9.17, 15) is 4.79 Å². The number of nitrogens with zero attached hydrogens (tertiary/aromatic N) is 2. The molecular formula is C17H34N4O3. The Hall–Kier alpha value is -1.50. The molecule has 1 amide bonds. The molecule has 0 radical (unpaired) electrons. The van der Waals surface area contributed by atoms with Crippen LogP contribution in [-0.2, 0) is 9.47 Å². The van der Waals surface area contributed by atoms with E-state index >= 15 is 0 Å². The highest BCUT2D eigenvalue weighted by Gasteiger charge is 2.34. The van der Waals surface area contributed by atoms with Crippen molar-refractivity contribution in [1.29, 1.82) is 0 Å². The number of amides is 1. The van der Waals surface area contributed by atoms with Gasteiger partial charge in [0, 0.05) is 32.3 Å². The zero-order chi connectivity index (χ0) is 18.2. The zero-order valence-electron chi connectivity index (χ0n) is 16.0. The molecule has 1 aliphatic carbocycles. The number of carbonyl (C=O) groups is 1. The van der Waals surface area contributed by atoms with Crippen molar-refractivity contribution in [3.05, 3.63) is 0 Å². The second-order valence-corrected chi connectivity index (χ2v) is 7.17. The van der Waals surface area contributed by atoms with Crippen molar-refractivity contribution < 1.29 is 14.3 Å². The molecule has 1 saturated carbocycles. The molecule has 1 unspecified atom stereocenters. The standard InChI is InChI=1S/C17H34N4O3/c1-7-18-15(20-13(2)12-23-6)19-10-11-21(14-8-9-14)16(22)24-17(3,4)5/h13-14H,7-12H2,1-6H3,(H2,18,19,20). The smallest absolute Gasteiger partial charge is 0.410 e. The van der Waals surface area contributed by atoms with Gasteiger partial charge in [-0.2, -0.15) is 0 Å². The number of hydrogen-bond donors (Lipinski definition) is 2. The Morgan fingerprint density at radius 3 is 2.54 bits per heavy atom. The molecule has 0 aromatic rings. The summed E-state index contributed by atoms with van der Waals surface area (Å²) in [5, 5.41) is 6.49. The molecule has 0 saturated heterocycles. The van der Waals surface area contributed by atoms with Gasteiger partial charge in [0.15, 0.2) is 5.96 Å². The van der Waals surface area contributed by atoms with Crippen LogP contribution < -0.4 is 10.6 Å². The second kappa shape index (κ2) is 9.71. The van der Waals surface area contributed by atoms with Crippen LogP contribution in [0.1, 0.15) is 47.5 Å². The number of methoxy groups -OCH3 is 1. The lowest BCUT2D eigenvalue weighted by molar-refractivity contribution is 0.0240. The molecule has 140 valence electrons. The van der Waals surface area contributed by atoms with Gasteiger partial charge in [-0.1, -0.05) is 0 Å². The Morgan fingerprint density at radius 2 is 2.04 bits per heavy atom. The van der Waals surface area contributed by atoms with E-state index in [4.69, 9.17) is 9.47 Å². The third kappa shape index (κ3) is 8.38. The molecule has 0 bridgehead atoms. The van der Waals surface area contributed by atoms with E-state index in [1.807, 2.05) is 34.6 Å². The molecule has 0 aliphatic heterocycles. The third-order valence-corrected chi connectivity index (χ3v) is 3.37. The van der Waals surface area contributed by atoms with Crippen LogP contribution in [0.4, 0.5) is 4.79 Å². The van der Waals surface area contributed by atoms with Crippen LogP contribution in [0.2, 0.25) is 0 Å². The van der Waals surface area contributed by atoms with Crippen molar-refractivity contribution in [2.24, 2.45) is 4.99 Å². The maximum Gasteiger partial charge on any atom is 0.410 e. The number of rotatable bonds is 8. The molecule has 7 nitrogen and oxygen atoms in total. The monoisotopic (exact) mass is 342 g/mol. The SMILES string of the molecule is CCNC(=NCCN(C(=O)OC(C)(C)C)C1CC1)NC(C)COC. The van der Waals surface area contributed by atoms with Crippen molar-refractivity contribution in [3.63, 3.8) is 0 Å². The first-order valence-electron chi connectivity index (χ1n) is 8.80. The molecule has 1 aliphatic rings. The number of aliphatic imine (C=N–C) groups is 1. The first-order valence-corrected chi connectivity index (χ1v) is 8.80. The summed E-state index contributed by atoms with van der Waals surface area (Å²) < 4.78 is 10.6. The predicted octanol–water partition coefficient (Wildman–Crippen LogP) is 1.98. The summed E-state index contributed by atoms with van der Waals surface area (Å²) in [5.41, 5.74) is -0.473. The topological polar surface area (TPSA) is 75.2 Å². The van der Waals surface area contributed by atoms with Gasteiger partial charge in [-0.05, 0) is 47.5 Å². The Labute approximate surface area is 146 Å². The molecule has 0 spiro atoms. The summed E-state index contributed by atoms with van der Waals surface area (Å²) in [7, 11) is 1.68. The molecule has 1 rings (SSSR count). The average Bonchev–Trinajstić information content (AvgIpc) is 3.26. The summed E-state index contributed by atoms with van der Waals surface area (Å²) in [6.07, 6.45) is 1.85. The van der Waals surface area contributed by atoms with Gasteiger partial charge in [-0.3, -0.25) is 4.99 Å². The van der Waals surface area contributed by atoms with Crippen LogP contribution in [0.25, 0.3) is 0 Å². The lowest BCUT2D eigenvalue weighted by Crippen LogP contribution is -2.44. The van der Waals surface area contributed by atoms with Crippen molar-refractivity contribution in [2.45, 2.75) is 65.1 Å². The highest BCUT2D eigenvalue weighted by molar-refractivity contribution is 5.80. The van der Waals surface area contributed by atoms with Gasteiger partial charge < -0.3 is 25.0 Å². The van der Waals surface area contributed by atoms with Gasteiger partial charge in [0.2, 0.25) is 0 Å². The normalized spacial score (nSPS) is 16.5. The van der Waals surface area contributed by atoms with Crippen molar-refractivity contribution >= 4 is 12.1 Å². The lowest BCUT2D eigenvalue weighted by atomic mass is 10.2. The summed E-state index contributed by atoms with van der Waals surface area (Å²) in [4.78, 5) is 18.7. The summed E-state index contributed by atoms with van der Waals surface area (Å²) in [6, 6.07) is 0.469.